The van der Waals surface area contributed by atoms with Gasteiger partial charge in [0, 0.05) is 16.8 Å². The van der Waals surface area contributed by atoms with Gasteiger partial charge >= 0.3 is 0 Å². The molecule has 0 bridgehead atoms. The molecule has 0 spiro atoms. The van der Waals surface area contributed by atoms with Crippen molar-refractivity contribution in [1.29, 1.82) is 0 Å². The van der Waals surface area contributed by atoms with Crippen LogP contribution in [0.25, 0.3) is 0 Å². The third-order valence-electron chi connectivity index (χ3n) is 4.63. The van der Waals surface area contributed by atoms with Gasteiger partial charge in [0.1, 0.15) is 6.33 Å². The van der Waals surface area contributed by atoms with E-state index in [1.54, 1.807) is 28.9 Å². The Morgan fingerprint density at radius 2 is 1.88 bits per heavy atom. The molecule has 3 aromatic rings. The van der Waals surface area contributed by atoms with Crippen LogP contribution in [0.5, 0.6) is 0 Å². The van der Waals surface area contributed by atoms with Gasteiger partial charge in [0.25, 0.3) is 0 Å². The zero-order valence-corrected chi connectivity index (χ0v) is 14.9. The van der Waals surface area contributed by atoms with Gasteiger partial charge in [-0.2, -0.15) is 10.1 Å². The van der Waals surface area contributed by atoms with Crippen LogP contribution in [0.2, 0.25) is 5.02 Å². The van der Waals surface area contributed by atoms with Crippen LogP contribution in [-0.2, 0) is 4.79 Å². The maximum atomic E-state index is 13.1. The number of anilines is 2. The number of carbonyl (C=O) groups is 1. The van der Waals surface area contributed by atoms with Crippen molar-refractivity contribution in [3.05, 3.63) is 71.5 Å². The zero-order valence-electron chi connectivity index (χ0n) is 14.1. The maximum absolute atomic E-state index is 13.1. The Morgan fingerprint density at radius 1 is 1.15 bits per heavy atom. The van der Waals surface area contributed by atoms with Crippen LogP contribution in [0.1, 0.15) is 18.5 Å². The first-order valence-corrected chi connectivity index (χ1v) is 8.78. The van der Waals surface area contributed by atoms with Crippen molar-refractivity contribution >= 4 is 29.1 Å². The van der Waals surface area contributed by atoms with Gasteiger partial charge in [-0.05, 0) is 36.8 Å². The monoisotopic (exact) mass is 367 g/mol. The summed E-state index contributed by atoms with van der Waals surface area (Å²) in [6.07, 6.45) is 1.50. The average molecular weight is 368 g/mol. The molecular formula is C19H18ClN5O. The molecule has 2 heterocycles. The largest absolute Gasteiger partial charge is 0.351 e. The Balaban J connectivity index is 1.70. The summed E-state index contributed by atoms with van der Waals surface area (Å²) >= 11 is 5.93. The number of benzene rings is 2. The van der Waals surface area contributed by atoms with Gasteiger partial charge in [-0.1, -0.05) is 41.9 Å². The molecule has 1 amide bonds. The summed E-state index contributed by atoms with van der Waals surface area (Å²) in [5, 5.41) is 11.2. The molecule has 0 radical (unpaired) electrons. The molecule has 0 fully saturated rings. The highest BCUT2D eigenvalue weighted by Gasteiger charge is 2.41. The minimum atomic E-state index is -0.359. The average Bonchev–Trinajstić information content (AvgIpc) is 3.11. The summed E-state index contributed by atoms with van der Waals surface area (Å²) < 4.78 is 1.78. The van der Waals surface area contributed by atoms with Gasteiger partial charge in [0.05, 0.1) is 12.0 Å². The highest BCUT2D eigenvalue weighted by atomic mass is 35.5. The van der Waals surface area contributed by atoms with Gasteiger partial charge in [-0.3, -0.25) is 4.79 Å². The second kappa shape index (κ2) is 6.80. The van der Waals surface area contributed by atoms with Crippen LogP contribution in [0.3, 0.4) is 0 Å². The molecule has 2 N–H and O–H groups in total. The summed E-state index contributed by atoms with van der Waals surface area (Å²) in [5.41, 5.74) is 1.73. The van der Waals surface area contributed by atoms with E-state index in [0.29, 0.717) is 16.7 Å². The van der Waals surface area contributed by atoms with Crippen molar-refractivity contribution in [2.45, 2.75) is 19.0 Å². The minimum Gasteiger partial charge on any atom is -0.351 e. The van der Waals surface area contributed by atoms with E-state index in [0.717, 1.165) is 5.56 Å². The lowest BCUT2D eigenvalue weighted by Crippen LogP contribution is -2.46. The fraction of sp³-hybridized carbons (Fsp3) is 0.211. The molecule has 0 saturated heterocycles. The van der Waals surface area contributed by atoms with Crippen molar-refractivity contribution in [3.8, 4) is 0 Å². The normalized spacial score (nSPS) is 21.5. The number of nitrogens with zero attached hydrogens (tertiary/aromatic N) is 3. The molecule has 132 valence electrons. The maximum Gasteiger partial charge on any atom is 0.232 e. The molecule has 1 aliphatic rings. The Bertz CT molecular complexity index is 909. The zero-order chi connectivity index (χ0) is 18.1. The molecular weight excluding hydrogens is 350 g/mol. The summed E-state index contributed by atoms with van der Waals surface area (Å²) in [4.78, 5) is 17.4. The molecule has 1 aromatic heterocycles. The smallest absolute Gasteiger partial charge is 0.232 e. The number of carbonyl (C=O) groups excluding carboxylic acids is 1. The Morgan fingerprint density at radius 3 is 2.62 bits per heavy atom. The number of aromatic nitrogens is 3. The third kappa shape index (κ3) is 3.04. The first-order valence-electron chi connectivity index (χ1n) is 8.41. The second-order valence-corrected chi connectivity index (χ2v) is 6.78. The molecule has 3 atom stereocenters. The second-order valence-electron chi connectivity index (χ2n) is 6.34. The van der Waals surface area contributed by atoms with E-state index in [1.165, 1.54) is 6.33 Å². The van der Waals surface area contributed by atoms with Crippen molar-refractivity contribution < 1.29 is 4.79 Å². The number of hydrogen-bond donors (Lipinski definition) is 2. The Labute approximate surface area is 156 Å². The predicted molar refractivity (Wildman–Crippen MR) is 101 cm³/mol. The van der Waals surface area contributed by atoms with Crippen LogP contribution in [0.4, 0.5) is 11.6 Å². The van der Waals surface area contributed by atoms with Gasteiger partial charge in [-0.15, -0.1) is 0 Å². The summed E-state index contributed by atoms with van der Waals surface area (Å²) in [5.74, 6) is 0.228. The lowest BCUT2D eigenvalue weighted by molar-refractivity contribution is -0.121. The number of fused-ring (bicyclic) bond motifs is 1. The molecule has 26 heavy (non-hydrogen) atoms. The van der Waals surface area contributed by atoms with Crippen LogP contribution in [-0.4, -0.2) is 26.7 Å². The molecule has 7 heteroatoms. The summed E-state index contributed by atoms with van der Waals surface area (Å²) in [7, 11) is 0. The quantitative estimate of drug-likeness (QED) is 0.742. The van der Waals surface area contributed by atoms with Crippen LogP contribution in [0, 0.1) is 5.92 Å². The lowest BCUT2D eigenvalue weighted by Gasteiger charge is -2.36. The van der Waals surface area contributed by atoms with E-state index in [1.807, 2.05) is 37.3 Å². The number of amides is 1. The van der Waals surface area contributed by atoms with Crippen LogP contribution in [0.15, 0.2) is 60.9 Å². The molecule has 4 rings (SSSR count). The first kappa shape index (κ1) is 16.6. The SMILES string of the molecule is C[C@H]1Nc2ncnn2[C@@H](c2ccccc2)[C@H]1C(=O)Nc1ccc(Cl)cc1. The standard InChI is InChI=1S/C19H18ClN5O/c1-12-16(18(26)24-15-9-7-14(20)8-10-15)17(13-5-3-2-4-6-13)25-19(23-12)21-11-22-25/h2-12,16-17H,1H3,(H,24,26)(H,21,22,23)/t12-,16+,17+/m1/s1. The molecule has 6 nitrogen and oxygen atoms in total. The number of halogens is 1. The van der Waals surface area contributed by atoms with E-state index in [-0.39, 0.29) is 23.9 Å². The van der Waals surface area contributed by atoms with Gasteiger partial charge < -0.3 is 10.6 Å². The van der Waals surface area contributed by atoms with Crippen LogP contribution < -0.4 is 10.6 Å². The molecule has 0 saturated carbocycles. The Hall–Kier alpha value is -2.86. The van der Waals surface area contributed by atoms with Crippen LogP contribution >= 0.6 is 11.6 Å². The summed E-state index contributed by atoms with van der Waals surface area (Å²) in [6, 6.07) is 16.7. The van der Waals surface area contributed by atoms with E-state index in [4.69, 9.17) is 11.6 Å². The third-order valence-corrected chi connectivity index (χ3v) is 4.88. The fourth-order valence-electron chi connectivity index (χ4n) is 3.40. The minimum absolute atomic E-state index is 0.0812. The van der Waals surface area contributed by atoms with Gasteiger partial charge in [0.2, 0.25) is 11.9 Å². The first-order chi connectivity index (χ1) is 12.6. The molecule has 0 aliphatic carbocycles. The topological polar surface area (TPSA) is 71.8 Å². The van der Waals surface area contributed by atoms with E-state index in [2.05, 4.69) is 20.7 Å². The highest BCUT2D eigenvalue weighted by molar-refractivity contribution is 6.30. The molecule has 0 unspecified atom stereocenters. The van der Waals surface area contributed by atoms with Gasteiger partial charge in [0.15, 0.2) is 0 Å². The molecule has 2 aromatic carbocycles. The number of hydrogen-bond acceptors (Lipinski definition) is 4. The molecule has 1 aliphatic heterocycles. The number of rotatable bonds is 3. The Kier molecular flexibility index (Phi) is 4.34. The van der Waals surface area contributed by atoms with Crippen molar-refractivity contribution in [3.63, 3.8) is 0 Å². The summed E-state index contributed by atoms with van der Waals surface area (Å²) in [6.45, 7) is 1.99. The van der Waals surface area contributed by atoms with Crippen molar-refractivity contribution in [2.24, 2.45) is 5.92 Å². The lowest BCUT2D eigenvalue weighted by atomic mass is 9.85. The van der Waals surface area contributed by atoms with Crippen molar-refractivity contribution in [2.75, 3.05) is 10.6 Å². The predicted octanol–water partition coefficient (Wildman–Crippen LogP) is 3.59. The van der Waals surface area contributed by atoms with Gasteiger partial charge in [-0.25, -0.2) is 4.68 Å². The van der Waals surface area contributed by atoms with E-state index < -0.39 is 0 Å². The van der Waals surface area contributed by atoms with E-state index in [9.17, 15) is 4.79 Å². The van der Waals surface area contributed by atoms with E-state index >= 15 is 0 Å². The fourth-order valence-corrected chi connectivity index (χ4v) is 3.53. The van der Waals surface area contributed by atoms with Crippen molar-refractivity contribution in [1.82, 2.24) is 14.8 Å². The highest BCUT2D eigenvalue weighted by Crippen LogP contribution is 2.36. The number of nitrogens with one attached hydrogen (secondary N) is 2.